The van der Waals surface area contributed by atoms with Crippen LogP contribution in [-0.2, 0) is 17.6 Å². The smallest absolute Gasteiger partial charge is 0.0696 e. The molecule has 0 saturated heterocycles. The zero-order chi connectivity index (χ0) is 17.2. The number of aryl methyl sites for hydroxylation is 2. The first-order valence-electron chi connectivity index (χ1n) is 10.0. The van der Waals surface area contributed by atoms with Gasteiger partial charge in [-0.15, -0.1) is 0 Å². The fourth-order valence-corrected chi connectivity index (χ4v) is 4.21. The minimum absolute atomic E-state index is 0.184. The van der Waals surface area contributed by atoms with Gasteiger partial charge in [0, 0.05) is 13.7 Å². The zero-order valence-corrected chi connectivity index (χ0v) is 15.8. The van der Waals surface area contributed by atoms with E-state index in [0.29, 0.717) is 6.54 Å². The third kappa shape index (κ3) is 6.57. The summed E-state index contributed by atoms with van der Waals surface area (Å²) in [6, 6.07) is 8.94. The van der Waals surface area contributed by atoms with Crippen molar-refractivity contribution in [1.29, 1.82) is 0 Å². The van der Waals surface area contributed by atoms with Crippen LogP contribution in [-0.4, -0.2) is 19.8 Å². The second-order valence-electron chi connectivity index (χ2n) is 7.78. The summed E-state index contributed by atoms with van der Waals surface area (Å²) in [7, 11) is 1.76. The lowest BCUT2D eigenvalue weighted by atomic mass is 9.81. The van der Waals surface area contributed by atoms with Crippen molar-refractivity contribution in [2.75, 3.05) is 13.7 Å². The largest absolute Gasteiger partial charge is 0.380 e. The summed E-state index contributed by atoms with van der Waals surface area (Å²) >= 11 is 0. The van der Waals surface area contributed by atoms with Crippen LogP contribution in [0.3, 0.4) is 0 Å². The van der Waals surface area contributed by atoms with E-state index in [4.69, 9.17) is 10.5 Å². The molecule has 0 radical (unpaired) electrons. The molecule has 2 unspecified atom stereocenters. The summed E-state index contributed by atoms with van der Waals surface area (Å²) < 4.78 is 5.42. The quantitative estimate of drug-likeness (QED) is 0.645. The van der Waals surface area contributed by atoms with Gasteiger partial charge in [-0.25, -0.2) is 0 Å². The van der Waals surface area contributed by atoms with Gasteiger partial charge < -0.3 is 10.5 Å². The molecule has 0 spiro atoms. The standard InChI is InChI=1S/C22H37NO/c1-18(16-19-8-4-3-5-9-19)12-13-20-10-6-7-11-21(20)14-15-22(17-23)24-2/h6-7,10-11,18-19,22H,3-5,8-9,12-17,23H2,1-2H3. The topological polar surface area (TPSA) is 35.2 Å². The molecule has 2 N–H and O–H groups in total. The van der Waals surface area contributed by atoms with E-state index in [1.807, 2.05) is 0 Å². The van der Waals surface area contributed by atoms with Crippen molar-refractivity contribution in [3.8, 4) is 0 Å². The average Bonchev–Trinajstić information content (AvgIpc) is 2.62. The van der Waals surface area contributed by atoms with Crippen LogP contribution in [0.25, 0.3) is 0 Å². The number of rotatable bonds is 10. The second-order valence-corrected chi connectivity index (χ2v) is 7.78. The van der Waals surface area contributed by atoms with Crippen molar-refractivity contribution >= 4 is 0 Å². The van der Waals surface area contributed by atoms with Gasteiger partial charge in [-0.2, -0.15) is 0 Å². The second kappa shape index (κ2) is 10.9. The molecule has 1 aromatic carbocycles. The lowest BCUT2D eigenvalue weighted by molar-refractivity contribution is 0.102. The molecule has 1 aromatic rings. The van der Waals surface area contributed by atoms with Crippen LogP contribution >= 0.6 is 0 Å². The Morgan fingerprint density at radius 1 is 1.04 bits per heavy atom. The Kier molecular flexibility index (Phi) is 8.83. The van der Waals surface area contributed by atoms with Crippen LogP contribution in [0.1, 0.15) is 69.4 Å². The average molecular weight is 332 g/mol. The van der Waals surface area contributed by atoms with Gasteiger partial charge in [-0.05, 0) is 55.1 Å². The molecular weight excluding hydrogens is 294 g/mol. The van der Waals surface area contributed by atoms with Crippen molar-refractivity contribution in [2.45, 2.75) is 77.2 Å². The third-order valence-corrected chi connectivity index (χ3v) is 5.82. The van der Waals surface area contributed by atoms with E-state index in [1.165, 1.54) is 62.5 Å². The number of benzene rings is 1. The van der Waals surface area contributed by atoms with Crippen LogP contribution in [0.15, 0.2) is 24.3 Å². The third-order valence-electron chi connectivity index (χ3n) is 5.82. The summed E-state index contributed by atoms with van der Waals surface area (Å²) in [5.41, 5.74) is 8.76. The Balaban J connectivity index is 1.80. The Labute approximate surface area is 149 Å². The molecule has 0 amide bonds. The number of ether oxygens (including phenoxy) is 1. The molecule has 1 fully saturated rings. The molecular formula is C22H37NO. The molecule has 2 atom stereocenters. The van der Waals surface area contributed by atoms with E-state index in [9.17, 15) is 0 Å². The van der Waals surface area contributed by atoms with Crippen molar-refractivity contribution in [1.82, 2.24) is 0 Å². The van der Waals surface area contributed by atoms with Gasteiger partial charge in [0.25, 0.3) is 0 Å². The fourth-order valence-electron chi connectivity index (χ4n) is 4.21. The maximum Gasteiger partial charge on any atom is 0.0696 e. The fraction of sp³-hybridized carbons (Fsp3) is 0.727. The predicted octanol–water partition coefficient (Wildman–Crippen LogP) is 5.13. The maximum absolute atomic E-state index is 5.75. The van der Waals surface area contributed by atoms with Gasteiger partial charge in [-0.3, -0.25) is 0 Å². The summed E-state index contributed by atoms with van der Waals surface area (Å²) in [4.78, 5) is 0. The highest BCUT2D eigenvalue weighted by molar-refractivity contribution is 5.27. The SMILES string of the molecule is COC(CN)CCc1ccccc1CCC(C)CC1CCCCC1. The lowest BCUT2D eigenvalue weighted by Gasteiger charge is -2.24. The summed E-state index contributed by atoms with van der Waals surface area (Å²) in [5.74, 6) is 1.84. The van der Waals surface area contributed by atoms with Gasteiger partial charge in [0.2, 0.25) is 0 Å². The van der Waals surface area contributed by atoms with Crippen LogP contribution in [0.4, 0.5) is 0 Å². The monoisotopic (exact) mass is 331 g/mol. The Morgan fingerprint density at radius 2 is 1.67 bits per heavy atom. The lowest BCUT2D eigenvalue weighted by Crippen LogP contribution is -2.23. The van der Waals surface area contributed by atoms with Gasteiger partial charge >= 0.3 is 0 Å². The van der Waals surface area contributed by atoms with Gasteiger partial charge in [0.05, 0.1) is 6.10 Å². The maximum atomic E-state index is 5.75. The van der Waals surface area contributed by atoms with E-state index in [1.54, 1.807) is 7.11 Å². The molecule has 2 nitrogen and oxygen atoms in total. The van der Waals surface area contributed by atoms with Crippen molar-refractivity contribution < 1.29 is 4.74 Å². The summed E-state index contributed by atoms with van der Waals surface area (Å²) in [6.45, 7) is 3.06. The molecule has 0 heterocycles. The number of hydrogen-bond acceptors (Lipinski definition) is 2. The first-order valence-corrected chi connectivity index (χ1v) is 10.0. The Bertz CT molecular complexity index is 449. The Morgan fingerprint density at radius 3 is 2.25 bits per heavy atom. The predicted molar refractivity (Wildman–Crippen MR) is 103 cm³/mol. The van der Waals surface area contributed by atoms with Crippen LogP contribution < -0.4 is 5.73 Å². The number of nitrogens with two attached hydrogens (primary N) is 1. The van der Waals surface area contributed by atoms with Crippen molar-refractivity contribution in [3.05, 3.63) is 35.4 Å². The van der Waals surface area contributed by atoms with Gasteiger partial charge in [0.15, 0.2) is 0 Å². The normalized spacial score (nSPS) is 18.5. The Hall–Kier alpha value is -0.860. The number of methoxy groups -OCH3 is 1. The van der Waals surface area contributed by atoms with E-state index in [-0.39, 0.29) is 6.10 Å². The molecule has 0 bridgehead atoms. The molecule has 1 aliphatic carbocycles. The van der Waals surface area contributed by atoms with Crippen molar-refractivity contribution in [3.63, 3.8) is 0 Å². The molecule has 1 aliphatic rings. The number of hydrogen-bond donors (Lipinski definition) is 1. The van der Waals surface area contributed by atoms with E-state index in [2.05, 4.69) is 31.2 Å². The molecule has 136 valence electrons. The van der Waals surface area contributed by atoms with Crippen molar-refractivity contribution in [2.24, 2.45) is 17.6 Å². The zero-order valence-electron chi connectivity index (χ0n) is 15.8. The minimum atomic E-state index is 0.184. The van der Waals surface area contributed by atoms with E-state index >= 15 is 0 Å². The van der Waals surface area contributed by atoms with Crippen LogP contribution in [0, 0.1) is 11.8 Å². The highest BCUT2D eigenvalue weighted by Crippen LogP contribution is 2.30. The van der Waals surface area contributed by atoms with Crippen LogP contribution in [0.2, 0.25) is 0 Å². The molecule has 2 rings (SSSR count). The van der Waals surface area contributed by atoms with E-state index < -0.39 is 0 Å². The molecule has 0 aliphatic heterocycles. The molecule has 2 heteroatoms. The summed E-state index contributed by atoms with van der Waals surface area (Å²) in [6.07, 6.45) is 13.6. The first kappa shape index (κ1) is 19.5. The highest BCUT2D eigenvalue weighted by Gasteiger charge is 2.16. The highest BCUT2D eigenvalue weighted by atomic mass is 16.5. The van der Waals surface area contributed by atoms with Gasteiger partial charge in [-0.1, -0.05) is 63.3 Å². The van der Waals surface area contributed by atoms with Crippen LogP contribution in [0.5, 0.6) is 0 Å². The minimum Gasteiger partial charge on any atom is -0.380 e. The van der Waals surface area contributed by atoms with E-state index in [0.717, 1.165) is 24.7 Å². The summed E-state index contributed by atoms with van der Waals surface area (Å²) in [5, 5.41) is 0. The van der Waals surface area contributed by atoms with Gasteiger partial charge in [0.1, 0.15) is 0 Å². The molecule has 24 heavy (non-hydrogen) atoms. The first-order chi connectivity index (χ1) is 11.7. The molecule has 1 saturated carbocycles. The molecule has 0 aromatic heterocycles.